The Kier molecular flexibility index (Phi) is 6.96. The van der Waals surface area contributed by atoms with Crippen LogP contribution in [0.3, 0.4) is 0 Å². The van der Waals surface area contributed by atoms with Gasteiger partial charge in [-0.05, 0) is 25.1 Å². The molecule has 0 aliphatic heterocycles. The average molecular weight is 396 g/mol. The Morgan fingerprint density at radius 2 is 1.63 bits per heavy atom. The first-order valence-corrected chi connectivity index (χ1v) is 9.28. The third-order valence-electron chi connectivity index (χ3n) is 3.64. The third kappa shape index (κ3) is 5.29. The summed E-state index contributed by atoms with van der Waals surface area (Å²) in [4.78, 5) is 4.22. The summed E-state index contributed by atoms with van der Waals surface area (Å²) in [7, 11) is 0. The van der Waals surface area contributed by atoms with E-state index in [9.17, 15) is 17.6 Å². The van der Waals surface area contributed by atoms with Gasteiger partial charge in [-0.3, -0.25) is 0 Å². The molecule has 27 heavy (non-hydrogen) atoms. The molecule has 0 radical (unpaired) electrons. The number of hydrogen-bond donors (Lipinski definition) is 1. The highest BCUT2D eigenvalue weighted by Gasteiger charge is 2.35. The van der Waals surface area contributed by atoms with Crippen LogP contribution in [0.15, 0.2) is 48.5 Å². The Labute approximate surface area is 159 Å². The fraction of sp³-hybridized carbons (Fsp3) is 0.250. The van der Waals surface area contributed by atoms with E-state index in [1.165, 1.54) is 6.07 Å². The van der Waals surface area contributed by atoms with Crippen molar-refractivity contribution in [1.29, 1.82) is 0 Å². The Hall–Kier alpha value is -2.41. The van der Waals surface area contributed by atoms with Crippen LogP contribution in [0, 0.1) is 12.7 Å². The quantitative estimate of drug-likeness (QED) is 0.485. The van der Waals surface area contributed by atoms with Gasteiger partial charge >= 0.3 is 6.18 Å². The van der Waals surface area contributed by atoms with E-state index in [2.05, 4.69) is 10.3 Å². The van der Waals surface area contributed by atoms with Crippen molar-refractivity contribution >= 4 is 17.0 Å². The molecule has 0 fully saturated rings. The Morgan fingerprint density at radius 1 is 1.00 bits per heavy atom. The first-order valence-electron chi connectivity index (χ1n) is 8.47. The molecule has 0 bridgehead atoms. The van der Waals surface area contributed by atoms with Gasteiger partial charge in [-0.25, -0.2) is 9.37 Å². The molecule has 0 unspecified atom stereocenters. The summed E-state index contributed by atoms with van der Waals surface area (Å²) in [5.41, 5.74) is 2.23. The molecule has 0 saturated heterocycles. The Morgan fingerprint density at radius 3 is 2.19 bits per heavy atom. The highest BCUT2D eigenvalue weighted by Crippen LogP contribution is 2.37. The SMILES string of the molecule is CC.Cc1sc(C(F)(F)F)nc1-c1ccc(NCc2ccccc2F)cc1. The summed E-state index contributed by atoms with van der Waals surface area (Å²) in [6, 6.07) is 13.3. The minimum Gasteiger partial charge on any atom is -0.381 e. The zero-order chi connectivity index (χ0) is 20.0. The first kappa shape index (κ1) is 20.9. The standard InChI is InChI=1S/C18H14F4N2S.C2H6/c1-11-16(24-17(25-11)18(20,21)22)12-6-8-14(9-7-12)23-10-13-4-2-3-5-15(13)19;1-2/h2-9,23H,10H2,1H3;1-2H3. The van der Waals surface area contributed by atoms with Crippen molar-refractivity contribution in [2.24, 2.45) is 0 Å². The van der Waals surface area contributed by atoms with Crippen molar-refractivity contribution in [3.8, 4) is 11.3 Å². The molecule has 1 heterocycles. The van der Waals surface area contributed by atoms with Crippen LogP contribution in [0.2, 0.25) is 0 Å². The van der Waals surface area contributed by atoms with Gasteiger partial charge in [0, 0.05) is 28.2 Å². The van der Waals surface area contributed by atoms with E-state index < -0.39 is 11.2 Å². The number of nitrogens with one attached hydrogen (secondary N) is 1. The van der Waals surface area contributed by atoms with Crippen molar-refractivity contribution in [1.82, 2.24) is 4.98 Å². The molecule has 7 heteroatoms. The Bertz CT molecular complexity index is 870. The predicted octanol–water partition coefficient (Wildman–Crippen LogP) is 6.91. The van der Waals surface area contributed by atoms with Crippen LogP contribution >= 0.6 is 11.3 Å². The second kappa shape index (κ2) is 8.99. The molecule has 3 rings (SSSR count). The molecule has 0 amide bonds. The number of alkyl halides is 3. The van der Waals surface area contributed by atoms with Gasteiger partial charge in [-0.2, -0.15) is 13.2 Å². The summed E-state index contributed by atoms with van der Waals surface area (Å²) in [5, 5.41) is 2.24. The van der Waals surface area contributed by atoms with Gasteiger partial charge < -0.3 is 5.32 Å². The molecule has 3 aromatic rings. The number of hydrogen-bond acceptors (Lipinski definition) is 3. The van der Waals surface area contributed by atoms with Gasteiger partial charge in [0.1, 0.15) is 5.82 Å². The second-order valence-electron chi connectivity index (χ2n) is 5.44. The number of nitrogens with zero attached hydrogens (tertiary/aromatic N) is 1. The molecule has 2 nitrogen and oxygen atoms in total. The maximum absolute atomic E-state index is 13.6. The fourth-order valence-corrected chi connectivity index (χ4v) is 3.17. The number of benzene rings is 2. The smallest absolute Gasteiger partial charge is 0.381 e. The first-order chi connectivity index (χ1) is 12.8. The van der Waals surface area contributed by atoms with E-state index in [-0.39, 0.29) is 5.82 Å². The van der Waals surface area contributed by atoms with Crippen molar-refractivity contribution < 1.29 is 17.6 Å². The highest BCUT2D eigenvalue weighted by atomic mass is 32.1. The van der Waals surface area contributed by atoms with E-state index >= 15 is 0 Å². The van der Waals surface area contributed by atoms with Crippen LogP contribution in [0.1, 0.15) is 29.3 Å². The van der Waals surface area contributed by atoms with Gasteiger partial charge in [0.25, 0.3) is 0 Å². The molecule has 0 aliphatic carbocycles. The van der Waals surface area contributed by atoms with Crippen molar-refractivity contribution in [2.75, 3.05) is 5.32 Å². The molecule has 1 aromatic heterocycles. The lowest BCUT2D eigenvalue weighted by molar-refractivity contribution is -0.137. The van der Waals surface area contributed by atoms with Gasteiger partial charge in [-0.15, -0.1) is 11.3 Å². The number of halogens is 4. The number of aryl methyl sites for hydroxylation is 1. The molecule has 0 spiro atoms. The maximum Gasteiger partial charge on any atom is 0.443 e. The summed E-state index contributed by atoms with van der Waals surface area (Å²) in [5.74, 6) is -0.288. The normalized spacial score (nSPS) is 10.9. The summed E-state index contributed by atoms with van der Waals surface area (Å²) in [6.07, 6.45) is -4.44. The fourth-order valence-electron chi connectivity index (χ4n) is 2.37. The van der Waals surface area contributed by atoms with Gasteiger partial charge in [0.2, 0.25) is 0 Å². The molecule has 2 aromatic carbocycles. The van der Waals surface area contributed by atoms with E-state index in [1.807, 2.05) is 13.8 Å². The highest BCUT2D eigenvalue weighted by molar-refractivity contribution is 7.12. The topological polar surface area (TPSA) is 24.9 Å². The van der Waals surface area contributed by atoms with Crippen molar-refractivity contribution in [3.05, 3.63) is 69.8 Å². The minimum absolute atomic E-state index is 0.288. The second-order valence-corrected chi connectivity index (χ2v) is 6.65. The summed E-state index contributed by atoms with van der Waals surface area (Å²) >= 11 is 0.636. The molecule has 1 N–H and O–H groups in total. The lowest BCUT2D eigenvalue weighted by Crippen LogP contribution is -2.03. The van der Waals surface area contributed by atoms with E-state index in [1.54, 1.807) is 49.4 Å². The summed E-state index contributed by atoms with van der Waals surface area (Å²) < 4.78 is 51.9. The minimum atomic E-state index is -4.44. The van der Waals surface area contributed by atoms with E-state index in [0.717, 1.165) is 5.69 Å². The van der Waals surface area contributed by atoms with E-state index in [0.29, 0.717) is 39.6 Å². The molecule has 0 atom stereocenters. The lowest BCUT2D eigenvalue weighted by Gasteiger charge is -2.08. The van der Waals surface area contributed by atoms with Crippen LogP contribution in [0.25, 0.3) is 11.3 Å². The largest absolute Gasteiger partial charge is 0.443 e. The molecule has 0 saturated carbocycles. The van der Waals surface area contributed by atoms with Gasteiger partial charge in [0.05, 0.1) is 5.69 Å². The van der Waals surface area contributed by atoms with Crippen molar-refractivity contribution in [2.45, 2.75) is 33.5 Å². The molecular formula is C20H20F4N2S. The number of anilines is 1. The number of aromatic nitrogens is 1. The average Bonchev–Trinajstić information content (AvgIpc) is 3.05. The zero-order valence-corrected chi connectivity index (χ0v) is 16.0. The monoisotopic (exact) mass is 396 g/mol. The zero-order valence-electron chi connectivity index (χ0n) is 15.2. The van der Waals surface area contributed by atoms with Gasteiger partial charge in [0.15, 0.2) is 5.01 Å². The molecule has 0 aliphatic rings. The van der Waals surface area contributed by atoms with E-state index in [4.69, 9.17) is 0 Å². The van der Waals surface area contributed by atoms with Crippen LogP contribution < -0.4 is 5.32 Å². The maximum atomic E-state index is 13.6. The third-order valence-corrected chi connectivity index (χ3v) is 4.65. The van der Waals surface area contributed by atoms with Crippen LogP contribution in [-0.4, -0.2) is 4.98 Å². The van der Waals surface area contributed by atoms with Crippen molar-refractivity contribution in [3.63, 3.8) is 0 Å². The van der Waals surface area contributed by atoms with Crippen LogP contribution in [0.5, 0.6) is 0 Å². The van der Waals surface area contributed by atoms with Crippen LogP contribution in [0.4, 0.5) is 23.2 Å². The number of thiazole rings is 1. The van der Waals surface area contributed by atoms with Crippen LogP contribution in [-0.2, 0) is 12.7 Å². The molecular weight excluding hydrogens is 376 g/mol. The Balaban J connectivity index is 0.00000126. The number of rotatable bonds is 4. The lowest BCUT2D eigenvalue weighted by atomic mass is 10.1. The summed E-state index contributed by atoms with van der Waals surface area (Å²) in [6.45, 7) is 5.94. The van der Waals surface area contributed by atoms with Gasteiger partial charge in [-0.1, -0.05) is 44.2 Å². The predicted molar refractivity (Wildman–Crippen MR) is 102 cm³/mol. The molecule has 144 valence electrons.